The van der Waals surface area contributed by atoms with Crippen molar-refractivity contribution in [3.05, 3.63) is 35.4 Å². The fraction of sp³-hybridized carbons (Fsp3) is 0.533. The Labute approximate surface area is 119 Å². The smallest absolute Gasteiger partial charge is 0.323 e. The van der Waals surface area contributed by atoms with E-state index in [4.69, 9.17) is 10.8 Å². The zero-order valence-electron chi connectivity index (χ0n) is 11.7. The number of benzene rings is 1. The Bertz CT molecular complexity index is 418. The molecule has 0 bridgehead atoms. The second kappa shape index (κ2) is 7.56. The highest BCUT2D eigenvalue weighted by atomic mass is 32.2. The Kier molecular flexibility index (Phi) is 6.38. The molecule has 1 aromatic rings. The molecule has 0 fully saturated rings. The highest BCUT2D eigenvalue weighted by Gasteiger charge is 2.26. The zero-order chi connectivity index (χ0) is 14.3. The number of hydrogen-bond acceptors (Lipinski definition) is 3. The molecule has 1 rings (SSSR count). The summed E-state index contributed by atoms with van der Waals surface area (Å²) in [6.45, 7) is 3.68. The van der Waals surface area contributed by atoms with Crippen LogP contribution in [0.25, 0.3) is 0 Å². The van der Waals surface area contributed by atoms with Crippen molar-refractivity contribution in [3.63, 3.8) is 0 Å². The molecule has 106 valence electrons. The molecule has 1 unspecified atom stereocenters. The molecular weight excluding hydrogens is 258 g/mol. The summed E-state index contributed by atoms with van der Waals surface area (Å²) in [7, 11) is 0. The Balaban J connectivity index is 2.14. The minimum absolute atomic E-state index is 0.535. The average molecular weight is 281 g/mol. The maximum atomic E-state index is 10.8. The lowest BCUT2D eigenvalue weighted by Gasteiger charge is -2.18. The van der Waals surface area contributed by atoms with Gasteiger partial charge in [0.05, 0.1) is 0 Å². The van der Waals surface area contributed by atoms with Crippen molar-refractivity contribution < 1.29 is 9.90 Å². The molecule has 0 saturated carbocycles. The van der Waals surface area contributed by atoms with Gasteiger partial charge in [0, 0.05) is 5.75 Å². The van der Waals surface area contributed by atoms with E-state index < -0.39 is 11.5 Å². The molecule has 0 heterocycles. The third-order valence-electron chi connectivity index (χ3n) is 3.07. The minimum Gasteiger partial charge on any atom is -0.480 e. The predicted molar refractivity (Wildman–Crippen MR) is 81.4 cm³/mol. The summed E-state index contributed by atoms with van der Waals surface area (Å²) in [4.78, 5) is 10.8. The number of aryl methyl sites for hydroxylation is 1. The second-order valence-corrected chi connectivity index (χ2v) is 6.33. The number of carbonyl (C=O) groups is 1. The van der Waals surface area contributed by atoms with Gasteiger partial charge < -0.3 is 10.8 Å². The van der Waals surface area contributed by atoms with Crippen molar-refractivity contribution in [1.82, 2.24) is 0 Å². The first-order valence-electron chi connectivity index (χ1n) is 6.57. The summed E-state index contributed by atoms with van der Waals surface area (Å²) in [5.74, 6) is 1.14. The Morgan fingerprint density at radius 2 is 2.16 bits per heavy atom. The molecular formula is C15H23NO2S. The fourth-order valence-corrected chi connectivity index (χ4v) is 2.76. The molecule has 0 aromatic heterocycles. The number of rotatable bonds is 8. The van der Waals surface area contributed by atoms with Gasteiger partial charge in [0.2, 0.25) is 0 Å². The normalized spacial score (nSPS) is 14.1. The van der Waals surface area contributed by atoms with E-state index >= 15 is 0 Å². The summed E-state index contributed by atoms with van der Waals surface area (Å²) in [5.41, 5.74) is 7.23. The lowest BCUT2D eigenvalue weighted by atomic mass is 9.97. The quantitative estimate of drug-likeness (QED) is 0.718. The van der Waals surface area contributed by atoms with E-state index in [2.05, 4.69) is 31.2 Å². The standard InChI is InChI=1S/C15H23NO2S/c1-12-6-5-7-13(10-12)11-19-9-4-3-8-15(2,16)14(17)18/h5-7,10H,3-4,8-9,11,16H2,1-2H3,(H,17,18). The molecule has 0 aliphatic carbocycles. The number of aliphatic carboxylic acids is 1. The Morgan fingerprint density at radius 1 is 1.42 bits per heavy atom. The summed E-state index contributed by atoms with van der Waals surface area (Å²) in [5, 5.41) is 8.89. The molecule has 4 heteroatoms. The van der Waals surface area contributed by atoms with E-state index in [1.165, 1.54) is 11.1 Å². The maximum Gasteiger partial charge on any atom is 0.323 e. The zero-order valence-corrected chi connectivity index (χ0v) is 12.5. The fourth-order valence-electron chi connectivity index (χ4n) is 1.80. The first-order valence-corrected chi connectivity index (χ1v) is 7.73. The SMILES string of the molecule is Cc1cccc(CSCCCCC(C)(N)C(=O)O)c1. The van der Waals surface area contributed by atoms with Crippen molar-refractivity contribution in [1.29, 1.82) is 0 Å². The van der Waals surface area contributed by atoms with Crippen LogP contribution in [0.5, 0.6) is 0 Å². The van der Waals surface area contributed by atoms with E-state index in [9.17, 15) is 4.79 Å². The molecule has 0 radical (unpaired) electrons. The van der Waals surface area contributed by atoms with Crippen LogP contribution in [0.15, 0.2) is 24.3 Å². The molecule has 19 heavy (non-hydrogen) atoms. The molecule has 1 aromatic carbocycles. The molecule has 3 N–H and O–H groups in total. The van der Waals surface area contributed by atoms with Crippen molar-refractivity contribution in [2.24, 2.45) is 5.73 Å². The van der Waals surface area contributed by atoms with Crippen molar-refractivity contribution in [2.45, 2.75) is 44.4 Å². The molecule has 3 nitrogen and oxygen atoms in total. The van der Waals surface area contributed by atoms with Gasteiger partial charge in [-0.05, 0) is 38.0 Å². The number of carboxylic acids is 1. The minimum atomic E-state index is -1.08. The summed E-state index contributed by atoms with van der Waals surface area (Å²) in [6.07, 6.45) is 2.41. The van der Waals surface area contributed by atoms with Gasteiger partial charge in [-0.25, -0.2) is 0 Å². The lowest BCUT2D eigenvalue weighted by molar-refractivity contribution is -0.142. The Hall–Kier alpha value is -1.00. The van der Waals surface area contributed by atoms with Gasteiger partial charge >= 0.3 is 5.97 Å². The van der Waals surface area contributed by atoms with Crippen molar-refractivity contribution in [2.75, 3.05) is 5.75 Å². The van der Waals surface area contributed by atoms with Crippen LogP contribution in [0.4, 0.5) is 0 Å². The van der Waals surface area contributed by atoms with Crippen molar-refractivity contribution >= 4 is 17.7 Å². The molecule has 1 atom stereocenters. The van der Waals surface area contributed by atoms with Gasteiger partial charge in [0.15, 0.2) is 0 Å². The lowest BCUT2D eigenvalue weighted by Crippen LogP contribution is -2.44. The van der Waals surface area contributed by atoms with E-state index in [1.807, 2.05) is 11.8 Å². The van der Waals surface area contributed by atoms with Gasteiger partial charge in [0.25, 0.3) is 0 Å². The van der Waals surface area contributed by atoms with Crippen LogP contribution < -0.4 is 5.73 Å². The van der Waals surface area contributed by atoms with Crippen LogP contribution in [0, 0.1) is 6.92 Å². The second-order valence-electron chi connectivity index (χ2n) is 5.22. The van der Waals surface area contributed by atoms with Crippen LogP contribution in [-0.2, 0) is 10.5 Å². The van der Waals surface area contributed by atoms with Gasteiger partial charge in [-0.1, -0.05) is 36.2 Å². The molecule has 0 spiro atoms. The highest BCUT2D eigenvalue weighted by Crippen LogP contribution is 2.17. The number of nitrogens with two attached hydrogens (primary N) is 1. The number of unbranched alkanes of at least 4 members (excludes halogenated alkanes) is 1. The topological polar surface area (TPSA) is 63.3 Å². The molecule has 0 saturated heterocycles. The number of thioether (sulfide) groups is 1. The third-order valence-corrected chi connectivity index (χ3v) is 4.19. The van der Waals surface area contributed by atoms with Crippen LogP contribution in [0.3, 0.4) is 0 Å². The average Bonchev–Trinajstić information content (AvgIpc) is 2.33. The van der Waals surface area contributed by atoms with Gasteiger partial charge in [-0.15, -0.1) is 0 Å². The van der Waals surface area contributed by atoms with Crippen LogP contribution in [-0.4, -0.2) is 22.4 Å². The summed E-state index contributed by atoms with van der Waals surface area (Å²) in [6, 6.07) is 8.52. The first-order chi connectivity index (χ1) is 8.92. The molecule has 0 aliphatic heterocycles. The Morgan fingerprint density at radius 3 is 2.79 bits per heavy atom. The number of carboxylic acid groups (broad SMARTS) is 1. The monoisotopic (exact) mass is 281 g/mol. The van der Waals surface area contributed by atoms with E-state index in [1.54, 1.807) is 6.92 Å². The van der Waals surface area contributed by atoms with Gasteiger partial charge in [-0.2, -0.15) is 11.8 Å². The van der Waals surface area contributed by atoms with Crippen LogP contribution >= 0.6 is 11.8 Å². The van der Waals surface area contributed by atoms with E-state index in [0.29, 0.717) is 6.42 Å². The largest absolute Gasteiger partial charge is 0.480 e. The summed E-state index contributed by atoms with van der Waals surface area (Å²) < 4.78 is 0. The van der Waals surface area contributed by atoms with Crippen LogP contribution in [0.1, 0.15) is 37.3 Å². The van der Waals surface area contributed by atoms with Gasteiger partial charge in [-0.3, -0.25) is 4.79 Å². The van der Waals surface area contributed by atoms with Gasteiger partial charge in [0.1, 0.15) is 5.54 Å². The first kappa shape index (κ1) is 16.1. The molecule has 0 amide bonds. The third kappa shape index (κ3) is 6.12. The van der Waals surface area contributed by atoms with Crippen LogP contribution in [0.2, 0.25) is 0 Å². The van der Waals surface area contributed by atoms with E-state index in [-0.39, 0.29) is 0 Å². The molecule has 0 aliphatic rings. The summed E-state index contributed by atoms with van der Waals surface area (Å²) >= 11 is 1.89. The maximum absolute atomic E-state index is 10.8. The van der Waals surface area contributed by atoms with E-state index in [0.717, 1.165) is 24.3 Å². The number of hydrogen-bond donors (Lipinski definition) is 2. The predicted octanol–water partition coefficient (Wildman–Crippen LogP) is 3.20. The highest BCUT2D eigenvalue weighted by molar-refractivity contribution is 7.98. The van der Waals surface area contributed by atoms with Crippen molar-refractivity contribution in [3.8, 4) is 0 Å².